The van der Waals surface area contributed by atoms with Crippen LogP contribution in [0.1, 0.15) is 25.1 Å². The van der Waals surface area contributed by atoms with Crippen LogP contribution < -0.4 is 4.90 Å². The van der Waals surface area contributed by atoms with Crippen LogP contribution in [0.2, 0.25) is 0 Å². The van der Waals surface area contributed by atoms with Crippen LogP contribution in [0.3, 0.4) is 0 Å². The number of nitrogens with zero attached hydrogens (tertiary/aromatic N) is 4. The molecule has 0 bridgehead atoms. The molecule has 2 atom stereocenters. The zero-order valence-corrected chi connectivity index (χ0v) is 14.6. The van der Waals surface area contributed by atoms with Gasteiger partial charge >= 0.3 is 0 Å². The molecule has 0 radical (unpaired) electrons. The number of para-hydroxylation sites is 1. The van der Waals surface area contributed by atoms with Gasteiger partial charge in [0.25, 0.3) is 0 Å². The van der Waals surface area contributed by atoms with Crippen molar-refractivity contribution in [3.05, 3.63) is 30.1 Å². The Morgan fingerprint density at radius 2 is 2.00 bits per heavy atom. The summed E-state index contributed by atoms with van der Waals surface area (Å²) in [5.74, 6) is 1.84. The van der Waals surface area contributed by atoms with E-state index < -0.39 is 0 Å². The molecule has 2 aliphatic heterocycles. The highest BCUT2D eigenvalue weighted by Crippen LogP contribution is 2.40. The third kappa shape index (κ3) is 2.66. The van der Waals surface area contributed by atoms with Gasteiger partial charge in [0.2, 0.25) is 0 Å². The topological polar surface area (TPSA) is 52.5 Å². The summed E-state index contributed by atoms with van der Waals surface area (Å²) >= 11 is 0. The number of aliphatic hydroxyl groups excluding tert-OH is 1. The number of fused-ring (bicyclic) bond motifs is 1. The van der Waals surface area contributed by atoms with Crippen LogP contribution >= 0.6 is 0 Å². The number of hydrogen-bond donors (Lipinski definition) is 1. The summed E-state index contributed by atoms with van der Waals surface area (Å²) in [7, 11) is 2.16. The van der Waals surface area contributed by atoms with Crippen LogP contribution in [0.4, 0.5) is 5.82 Å². The smallest absolute Gasteiger partial charge is 0.140 e. The van der Waals surface area contributed by atoms with Gasteiger partial charge in [-0.25, -0.2) is 9.97 Å². The number of benzene rings is 1. The van der Waals surface area contributed by atoms with Gasteiger partial charge in [0.1, 0.15) is 11.6 Å². The number of anilines is 1. The van der Waals surface area contributed by atoms with Gasteiger partial charge in [-0.2, -0.15) is 0 Å². The summed E-state index contributed by atoms with van der Waals surface area (Å²) in [6.45, 7) is 5.78. The van der Waals surface area contributed by atoms with Gasteiger partial charge in [0.15, 0.2) is 0 Å². The molecule has 3 heterocycles. The van der Waals surface area contributed by atoms with E-state index in [2.05, 4.69) is 34.0 Å². The highest BCUT2D eigenvalue weighted by Gasteiger charge is 2.45. The molecule has 2 aromatic rings. The molecule has 2 saturated heterocycles. The third-order valence-electron chi connectivity index (χ3n) is 5.68. The van der Waals surface area contributed by atoms with Crippen LogP contribution in [0.25, 0.3) is 10.9 Å². The summed E-state index contributed by atoms with van der Waals surface area (Å²) < 4.78 is 0. The second kappa shape index (κ2) is 5.97. The van der Waals surface area contributed by atoms with E-state index in [1.165, 1.54) is 0 Å². The Balaban J connectivity index is 1.72. The molecule has 1 aromatic carbocycles. The molecular weight excluding hydrogens is 300 g/mol. The number of piperidine rings is 2. The average Bonchev–Trinajstić information content (AvgIpc) is 2.58. The fraction of sp³-hybridized carbons (Fsp3) is 0.579. The molecule has 5 nitrogen and oxygen atoms in total. The van der Waals surface area contributed by atoms with Gasteiger partial charge in [-0.1, -0.05) is 12.1 Å². The Morgan fingerprint density at radius 1 is 1.17 bits per heavy atom. The molecule has 128 valence electrons. The zero-order chi connectivity index (χ0) is 16.7. The van der Waals surface area contributed by atoms with Crippen LogP contribution in [0, 0.1) is 12.3 Å². The number of likely N-dealkylation sites (tertiary alicyclic amines) is 1. The van der Waals surface area contributed by atoms with E-state index in [-0.39, 0.29) is 11.5 Å². The lowest BCUT2D eigenvalue weighted by molar-refractivity contribution is -0.0466. The van der Waals surface area contributed by atoms with Crippen molar-refractivity contribution < 1.29 is 5.11 Å². The largest absolute Gasteiger partial charge is 0.392 e. The normalized spacial score (nSPS) is 28.6. The first kappa shape index (κ1) is 15.8. The zero-order valence-electron chi connectivity index (χ0n) is 14.6. The summed E-state index contributed by atoms with van der Waals surface area (Å²) in [5, 5.41) is 11.9. The van der Waals surface area contributed by atoms with E-state index in [4.69, 9.17) is 4.98 Å². The molecule has 1 aromatic heterocycles. The summed E-state index contributed by atoms with van der Waals surface area (Å²) in [4.78, 5) is 14.1. The second-order valence-corrected chi connectivity index (χ2v) is 7.54. The van der Waals surface area contributed by atoms with E-state index in [0.717, 1.165) is 68.0 Å². The number of rotatable bonds is 1. The molecule has 5 heteroatoms. The van der Waals surface area contributed by atoms with E-state index >= 15 is 0 Å². The van der Waals surface area contributed by atoms with Crippen molar-refractivity contribution in [1.29, 1.82) is 0 Å². The molecule has 4 rings (SSSR count). The monoisotopic (exact) mass is 326 g/mol. The van der Waals surface area contributed by atoms with Gasteiger partial charge in [-0.3, -0.25) is 0 Å². The number of aliphatic hydroxyl groups is 1. The molecule has 1 N–H and O–H groups in total. The maximum Gasteiger partial charge on any atom is 0.140 e. The van der Waals surface area contributed by atoms with E-state index in [1.807, 2.05) is 19.1 Å². The van der Waals surface area contributed by atoms with Crippen molar-refractivity contribution in [2.24, 2.45) is 5.41 Å². The van der Waals surface area contributed by atoms with Crippen LogP contribution in [0.15, 0.2) is 24.3 Å². The van der Waals surface area contributed by atoms with Crippen molar-refractivity contribution in [3.8, 4) is 0 Å². The lowest BCUT2D eigenvalue weighted by atomic mass is 9.71. The lowest BCUT2D eigenvalue weighted by Crippen LogP contribution is -2.58. The predicted octanol–water partition coefficient (Wildman–Crippen LogP) is 2.22. The first-order chi connectivity index (χ1) is 11.6. The average molecular weight is 326 g/mol. The molecular formula is C19H26N4O. The van der Waals surface area contributed by atoms with Crippen LogP contribution in [-0.2, 0) is 0 Å². The fourth-order valence-corrected chi connectivity index (χ4v) is 4.53. The second-order valence-electron chi connectivity index (χ2n) is 7.54. The standard InChI is InChI=1S/C19H26N4O/c1-14-20-16-7-4-3-6-15(16)18(21-14)23-10-5-9-19(13-23)12-22(2)11-8-17(19)24/h3-4,6-7,17,24H,5,8-13H2,1-2H3/t17-,19-/m0/s1. The van der Waals surface area contributed by atoms with E-state index in [1.54, 1.807) is 0 Å². The number of aromatic nitrogens is 2. The third-order valence-corrected chi connectivity index (χ3v) is 5.68. The summed E-state index contributed by atoms with van der Waals surface area (Å²) in [6, 6.07) is 8.23. The highest BCUT2D eigenvalue weighted by molar-refractivity contribution is 5.89. The van der Waals surface area contributed by atoms with Crippen LogP contribution in [-0.4, -0.2) is 59.3 Å². The maximum absolute atomic E-state index is 10.7. The molecule has 0 amide bonds. The Labute approximate surface area is 143 Å². The number of aryl methyl sites for hydroxylation is 1. The first-order valence-corrected chi connectivity index (χ1v) is 8.92. The molecule has 0 aliphatic carbocycles. The molecule has 0 saturated carbocycles. The van der Waals surface area contributed by atoms with Gasteiger partial charge in [-0.05, 0) is 45.4 Å². The maximum atomic E-state index is 10.7. The Bertz CT molecular complexity index is 749. The summed E-state index contributed by atoms with van der Waals surface area (Å²) in [5.41, 5.74) is 0.964. The fourth-order valence-electron chi connectivity index (χ4n) is 4.53. The van der Waals surface area contributed by atoms with Crippen molar-refractivity contribution in [2.45, 2.75) is 32.3 Å². The van der Waals surface area contributed by atoms with Gasteiger partial charge in [-0.15, -0.1) is 0 Å². The quantitative estimate of drug-likeness (QED) is 0.871. The minimum absolute atomic E-state index is 0.0365. The lowest BCUT2D eigenvalue weighted by Gasteiger charge is -2.50. The molecule has 1 spiro atoms. The van der Waals surface area contributed by atoms with Gasteiger partial charge in [0.05, 0.1) is 11.6 Å². The van der Waals surface area contributed by atoms with Gasteiger partial charge < -0.3 is 14.9 Å². The number of hydrogen-bond acceptors (Lipinski definition) is 5. The van der Waals surface area contributed by atoms with E-state index in [9.17, 15) is 5.11 Å². The SMILES string of the molecule is Cc1nc(N2CCC[C@]3(CN(C)CC[C@@H]3O)C2)c2ccccc2n1. The van der Waals surface area contributed by atoms with Gasteiger partial charge in [0, 0.05) is 37.0 Å². The Morgan fingerprint density at radius 3 is 2.88 bits per heavy atom. The van der Waals surface area contributed by atoms with Crippen molar-refractivity contribution in [1.82, 2.24) is 14.9 Å². The van der Waals surface area contributed by atoms with E-state index in [0.29, 0.717) is 0 Å². The van der Waals surface area contributed by atoms with Crippen molar-refractivity contribution in [2.75, 3.05) is 38.1 Å². The molecule has 2 fully saturated rings. The molecule has 24 heavy (non-hydrogen) atoms. The Kier molecular flexibility index (Phi) is 3.93. The molecule has 2 aliphatic rings. The predicted molar refractivity (Wildman–Crippen MR) is 96.3 cm³/mol. The minimum Gasteiger partial charge on any atom is -0.392 e. The van der Waals surface area contributed by atoms with Crippen molar-refractivity contribution >= 4 is 16.7 Å². The first-order valence-electron chi connectivity index (χ1n) is 8.92. The minimum atomic E-state index is -0.217. The highest BCUT2D eigenvalue weighted by atomic mass is 16.3. The van der Waals surface area contributed by atoms with Crippen LogP contribution in [0.5, 0.6) is 0 Å². The Hall–Kier alpha value is -1.72. The molecule has 0 unspecified atom stereocenters. The summed E-state index contributed by atoms with van der Waals surface area (Å²) in [6.07, 6.45) is 2.85. The van der Waals surface area contributed by atoms with Crippen molar-refractivity contribution in [3.63, 3.8) is 0 Å².